The summed E-state index contributed by atoms with van der Waals surface area (Å²) in [5.41, 5.74) is -4.68. The Morgan fingerprint density at radius 1 is 1.17 bits per heavy atom. The molecule has 1 aliphatic heterocycles. The van der Waals surface area contributed by atoms with Gasteiger partial charge in [0.25, 0.3) is 0 Å². The molecule has 1 heterocycles. The summed E-state index contributed by atoms with van der Waals surface area (Å²) in [4.78, 5) is 12.1. The molecule has 1 aliphatic rings. The van der Waals surface area contributed by atoms with Crippen molar-refractivity contribution >= 4 is 16.2 Å². The Hall–Kier alpha value is -1.97. The summed E-state index contributed by atoms with van der Waals surface area (Å²) >= 11 is 0. The lowest BCUT2D eigenvalue weighted by Crippen LogP contribution is -2.36. The van der Waals surface area contributed by atoms with Crippen molar-refractivity contribution in [3.63, 3.8) is 0 Å². The molecule has 0 aromatic heterocycles. The second-order valence-electron chi connectivity index (χ2n) is 5.10. The number of piperidine rings is 1. The first kappa shape index (κ1) is 17.4. The van der Waals surface area contributed by atoms with Gasteiger partial charge < -0.3 is 14.2 Å². The normalized spacial score (nSPS) is 17.1. The van der Waals surface area contributed by atoms with Crippen LogP contribution in [-0.2, 0) is 10.1 Å². The zero-order chi connectivity index (χ0) is 17.3. The Balaban J connectivity index is 2.02. The average Bonchev–Trinajstić information content (AvgIpc) is 2.46. The number of nitrogens with zero attached hydrogens (tertiary/aromatic N) is 1. The van der Waals surface area contributed by atoms with Crippen LogP contribution in [0.1, 0.15) is 24.3 Å². The zero-order valence-corrected chi connectivity index (χ0v) is 12.6. The summed E-state index contributed by atoms with van der Waals surface area (Å²) in [6.07, 6.45) is 0.199. The lowest BCUT2D eigenvalue weighted by Gasteiger charge is -2.30. The molecule has 2 rings (SSSR count). The van der Waals surface area contributed by atoms with Crippen molar-refractivity contribution in [2.24, 2.45) is 0 Å². The molecule has 0 atom stereocenters. The van der Waals surface area contributed by atoms with Gasteiger partial charge in [0, 0.05) is 13.1 Å². The number of hydrogen-bond donors (Lipinski definition) is 1. The first-order valence-corrected chi connectivity index (χ1v) is 8.09. The Morgan fingerprint density at radius 3 is 2.13 bits per heavy atom. The Bertz CT molecular complexity index is 664. The molecule has 0 unspecified atom stereocenters. The van der Waals surface area contributed by atoms with E-state index in [2.05, 4.69) is 4.18 Å². The summed E-state index contributed by atoms with van der Waals surface area (Å²) in [6.45, 7) is 0.751. The highest BCUT2D eigenvalue weighted by Crippen LogP contribution is 2.31. The average molecular weight is 353 g/mol. The molecule has 1 aromatic rings. The highest BCUT2D eigenvalue weighted by molar-refractivity contribution is 7.87. The smallest absolute Gasteiger partial charge is 0.465 e. The van der Waals surface area contributed by atoms with E-state index < -0.39 is 27.5 Å². The van der Waals surface area contributed by atoms with Crippen molar-refractivity contribution < 1.29 is 35.7 Å². The van der Waals surface area contributed by atoms with Crippen LogP contribution in [0.3, 0.4) is 0 Å². The predicted octanol–water partition coefficient (Wildman–Crippen LogP) is 2.77. The molecule has 0 saturated carbocycles. The molecule has 1 saturated heterocycles. The Kier molecular flexibility index (Phi) is 4.73. The van der Waals surface area contributed by atoms with Crippen molar-refractivity contribution in [1.29, 1.82) is 0 Å². The first-order valence-electron chi connectivity index (χ1n) is 6.69. The van der Waals surface area contributed by atoms with Gasteiger partial charge >= 0.3 is 21.7 Å². The number of carboxylic acid groups (broad SMARTS) is 1. The molecule has 1 aromatic carbocycles. The van der Waals surface area contributed by atoms with E-state index in [0.717, 1.165) is 17.7 Å². The van der Waals surface area contributed by atoms with E-state index in [-0.39, 0.29) is 5.92 Å². The van der Waals surface area contributed by atoms with E-state index in [1.165, 1.54) is 17.0 Å². The first-order chi connectivity index (χ1) is 10.6. The second-order valence-corrected chi connectivity index (χ2v) is 6.63. The van der Waals surface area contributed by atoms with Crippen LogP contribution >= 0.6 is 0 Å². The maximum absolute atomic E-state index is 12.2. The third-order valence-electron chi connectivity index (χ3n) is 3.61. The van der Waals surface area contributed by atoms with Gasteiger partial charge in [-0.2, -0.15) is 21.6 Å². The van der Waals surface area contributed by atoms with Gasteiger partial charge in [0.15, 0.2) is 0 Å². The number of benzene rings is 1. The van der Waals surface area contributed by atoms with Crippen LogP contribution in [0.15, 0.2) is 24.3 Å². The fraction of sp³-hybridized carbons (Fsp3) is 0.462. The minimum Gasteiger partial charge on any atom is -0.465 e. The molecule has 10 heteroatoms. The van der Waals surface area contributed by atoms with Crippen LogP contribution in [0.25, 0.3) is 0 Å². The van der Waals surface area contributed by atoms with Crippen LogP contribution in [0.4, 0.5) is 18.0 Å². The molecule has 0 radical (unpaired) electrons. The lowest BCUT2D eigenvalue weighted by atomic mass is 9.89. The molecule has 6 nitrogen and oxygen atoms in total. The van der Waals surface area contributed by atoms with E-state index in [4.69, 9.17) is 5.11 Å². The molecule has 1 fully saturated rings. The summed E-state index contributed by atoms with van der Waals surface area (Å²) in [7, 11) is -5.68. The highest BCUT2D eigenvalue weighted by Gasteiger charge is 2.48. The van der Waals surface area contributed by atoms with Gasteiger partial charge in [-0.1, -0.05) is 12.1 Å². The van der Waals surface area contributed by atoms with E-state index in [9.17, 15) is 26.4 Å². The number of amides is 1. The second kappa shape index (κ2) is 6.26. The molecule has 1 amide bonds. The van der Waals surface area contributed by atoms with E-state index in [1.54, 1.807) is 0 Å². The van der Waals surface area contributed by atoms with E-state index in [0.29, 0.717) is 25.9 Å². The number of rotatable bonds is 3. The molecule has 128 valence electrons. The van der Waals surface area contributed by atoms with Gasteiger partial charge in [0.1, 0.15) is 5.75 Å². The minimum absolute atomic E-state index is 0.0684. The molecule has 1 N–H and O–H groups in total. The summed E-state index contributed by atoms with van der Waals surface area (Å²) in [5, 5.41) is 8.87. The number of likely N-dealkylation sites (tertiary alicyclic amines) is 1. The Morgan fingerprint density at radius 2 is 1.70 bits per heavy atom. The van der Waals surface area contributed by atoms with Crippen LogP contribution in [0, 0.1) is 0 Å². The largest absolute Gasteiger partial charge is 0.534 e. The van der Waals surface area contributed by atoms with Gasteiger partial charge in [-0.3, -0.25) is 0 Å². The maximum Gasteiger partial charge on any atom is 0.534 e. The van der Waals surface area contributed by atoms with Gasteiger partial charge in [-0.25, -0.2) is 4.79 Å². The van der Waals surface area contributed by atoms with Gasteiger partial charge in [-0.05, 0) is 36.5 Å². The van der Waals surface area contributed by atoms with Crippen LogP contribution in [-0.4, -0.2) is 43.1 Å². The van der Waals surface area contributed by atoms with Crippen LogP contribution in [0.5, 0.6) is 5.75 Å². The standard InChI is InChI=1S/C13H14F3NO5S/c14-13(15,16)23(20,21)22-11-3-1-9(2-4-11)10-5-7-17(8-6-10)12(18)19/h1-4,10H,5-8H2,(H,18,19). The van der Waals surface area contributed by atoms with Gasteiger partial charge in [-0.15, -0.1) is 0 Å². The SMILES string of the molecule is O=C(O)N1CCC(c2ccc(OS(=O)(=O)C(F)(F)F)cc2)CC1. The summed E-state index contributed by atoms with van der Waals surface area (Å²) in [6, 6.07) is 5.29. The van der Waals surface area contributed by atoms with Crippen molar-refractivity contribution in [2.45, 2.75) is 24.3 Å². The fourth-order valence-corrected chi connectivity index (χ4v) is 2.83. The monoisotopic (exact) mass is 353 g/mol. The van der Waals surface area contributed by atoms with Gasteiger partial charge in [0.05, 0.1) is 0 Å². The van der Waals surface area contributed by atoms with Crippen molar-refractivity contribution in [2.75, 3.05) is 13.1 Å². The topological polar surface area (TPSA) is 83.9 Å². The number of hydrogen-bond acceptors (Lipinski definition) is 4. The van der Waals surface area contributed by atoms with Crippen molar-refractivity contribution in [1.82, 2.24) is 4.90 Å². The van der Waals surface area contributed by atoms with Crippen molar-refractivity contribution in [3.05, 3.63) is 29.8 Å². The third-order valence-corrected chi connectivity index (χ3v) is 4.59. The molecule has 23 heavy (non-hydrogen) atoms. The van der Waals surface area contributed by atoms with Crippen LogP contribution in [0.2, 0.25) is 0 Å². The zero-order valence-electron chi connectivity index (χ0n) is 11.8. The van der Waals surface area contributed by atoms with Gasteiger partial charge in [0.2, 0.25) is 0 Å². The fourth-order valence-electron chi connectivity index (χ4n) is 2.37. The molecular weight excluding hydrogens is 339 g/mol. The molecule has 0 spiro atoms. The molecule has 0 aliphatic carbocycles. The number of alkyl halides is 3. The number of carbonyl (C=O) groups is 1. The quantitative estimate of drug-likeness (QED) is 0.667. The Labute approximate surface area is 130 Å². The maximum atomic E-state index is 12.2. The van der Waals surface area contributed by atoms with E-state index >= 15 is 0 Å². The third kappa shape index (κ3) is 4.06. The molecule has 0 bridgehead atoms. The molecular formula is C13H14F3NO5S. The van der Waals surface area contributed by atoms with Crippen molar-refractivity contribution in [3.8, 4) is 5.75 Å². The predicted molar refractivity (Wildman–Crippen MR) is 73.6 cm³/mol. The number of halogens is 3. The highest BCUT2D eigenvalue weighted by atomic mass is 32.2. The summed E-state index contributed by atoms with van der Waals surface area (Å²) < 4.78 is 62.5. The summed E-state index contributed by atoms with van der Waals surface area (Å²) in [5.74, 6) is -0.354. The minimum atomic E-state index is -5.68. The van der Waals surface area contributed by atoms with Crippen LogP contribution < -0.4 is 4.18 Å². The lowest BCUT2D eigenvalue weighted by molar-refractivity contribution is -0.0500. The van der Waals surface area contributed by atoms with E-state index in [1.807, 2.05) is 0 Å².